The molecule has 1 aliphatic heterocycles. The van der Waals surface area contributed by atoms with Crippen molar-refractivity contribution >= 4 is 5.91 Å². The largest absolute Gasteiger partial charge is 0.328 e. The standard InChI is InChI=1S/C18H20N6O/c1-13-6-2-3-7-15(13)24-11-14(10-21-24)18(25)23-9-5-4-8-16(23)17-19-12-20-22-17/h2-3,6-7,10-12,16H,4-5,8-9H2,1H3,(H,19,20,22). The molecule has 25 heavy (non-hydrogen) atoms. The van der Waals surface area contributed by atoms with E-state index in [4.69, 9.17) is 0 Å². The topological polar surface area (TPSA) is 79.7 Å². The summed E-state index contributed by atoms with van der Waals surface area (Å²) in [5.74, 6) is 0.736. The predicted octanol–water partition coefficient (Wildman–Crippen LogP) is 2.67. The predicted molar refractivity (Wildman–Crippen MR) is 92.3 cm³/mol. The van der Waals surface area contributed by atoms with Crippen LogP contribution in [-0.2, 0) is 0 Å². The zero-order valence-corrected chi connectivity index (χ0v) is 14.1. The SMILES string of the molecule is Cc1ccccc1-n1cc(C(=O)N2CCCCC2c2ncn[nH]2)cn1. The van der Waals surface area contributed by atoms with Crippen LogP contribution >= 0.6 is 0 Å². The van der Waals surface area contributed by atoms with Crippen LogP contribution in [0.4, 0.5) is 0 Å². The number of rotatable bonds is 3. The smallest absolute Gasteiger partial charge is 0.257 e. The van der Waals surface area contributed by atoms with E-state index < -0.39 is 0 Å². The third-order valence-corrected chi connectivity index (χ3v) is 4.70. The Bertz CT molecular complexity index is 869. The first-order chi connectivity index (χ1) is 12.2. The molecular weight excluding hydrogens is 316 g/mol. The highest BCUT2D eigenvalue weighted by atomic mass is 16.2. The van der Waals surface area contributed by atoms with Crippen molar-refractivity contribution in [1.82, 2.24) is 29.9 Å². The average Bonchev–Trinajstić information content (AvgIpc) is 3.34. The fourth-order valence-corrected chi connectivity index (χ4v) is 3.39. The van der Waals surface area contributed by atoms with Crippen LogP contribution in [0, 0.1) is 6.92 Å². The number of hydrogen-bond acceptors (Lipinski definition) is 4. The van der Waals surface area contributed by atoms with Gasteiger partial charge >= 0.3 is 0 Å². The monoisotopic (exact) mass is 336 g/mol. The number of amides is 1. The van der Waals surface area contributed by atoms with Crippen LogP contribution in [0.5, 0.6) is 0 Å². The average molecular weight is 336 g/mol. The van der Waals surface area contributed by atoms with Crippen LogP contribution in [0.3, 0.4) is 0 Å². The first-order valence-electron chi connectivity index (χ1n) is 8.51. The highest BCUT2D eigenvalue weighted by Gasteiger charge is 2.31. The fourth-order valence-electron chi connectivity index (χ4n) is 3.39. The quantitative estimate of drug-likeness (QED) is 0.797. The van der Waals surface area contributed by atoms with Crippen LogP contribution in [0.1, 0.15) is 47.1 Å². The molecule has 1 atom stereocenters. The van der Waals surface area contributed by atoms with Crippen molar-refractivity contribution in [3.05, 3.63) is 59.9 Å². The molecule has 0 bridgehead atoms. The van der Waals surface area contributed by atoms with E-state index in [1.54, 1.807) is 17.1 Å². The van der Waals surface area contributed by atoms with Crippen molar-refractivity contribution in [2.75, 3.05) is 6.54 Å². The molecule has 1 amide bonds. The number of carbonyl (C=O) groups is 1. The van der Waals surface area contributed by atoms with Gasteiger partial charge in [-0.05, 0) is 37.8 Å². The van der Waals surface area contributed by atoms with Gasteiger partial charge in [0.25, 0.3) is 5.91 Å². The molecule has 3 heterocycles. The minimum atomic E-state index is -0.0504. The zero-order chi connectivity index (χ0) is 17.2. The van der Waals surface area contributed by atoms with E-state index in [0.717, 1.165) is 42.9 Å². The van der Waals surface area contributed by atoms with Crippen molar-refractivity contribution in [1.29, 1.82) is 0 Å². The van der Waals surface area contributed by atoms with Crippen LogP contribution in [0.25, 0.3) is 5.69 Å². The van der Waals surface area contributed by atoms with Crippen molar-refractivity contribution in [2.24, 2.45) is 0 Å². The molecule has 128 valence electrons. The Labute approximate surface area is 145 Å². The minimum Gasteiger partial charge on any atom is -0.328 e. The summed E-state index contributed by atoms with van der Waals surface area (Å²) in [6.07, 6.45) is 7.91. The molecule has 2 aromatic heterocycles. The second kappa shape index (κ2) is 6.51. The third-order valence-electron chi connectivity index (χ3n) is 4.70. The summed E-state index contributed by atoms with van der Waals surface area (Å²) in [5.41, 5.74) is 2.68. The first kappa shape index (κ1) is 15.6. The van der Waals surface area contributed by atoms with Crippen molar-refractivity contribution in [2.45, 2.75) is 32.2 Å². The molecule has 1 saturated heterocycles. The number of para-hydroxylation sites is 1. The van der Waals surface area contributed by atoms with Gasteiger partial charge < -0.3 is 4.90 Å². The van der Waals surface area contributed by atoms with Gasteiger partial charge in [-0.2, -0.15) is 10.2 Å². The van der Waals surface area contributed by atoms with E-state index in [1.807, 2.05) is 36.1 Å². The molecule has 1 fully saturated rings. The number of aromatic nitrogens is 5. The normalized spacial score (nSPS) is 17.6. The van der Waals surface area contributed by atoms with Gasteiger partial charge in [0.05, 0.1) is 23.5 Å². The summed E-state index contributed by atoms with van der Waals surface area (Å²) in [6, 6.07) is 7.93. The molecule has 3 aromatic rings. The van der Waals surface area contributed by atoms with Crippen LogP contribution in [0.2, 0.25) is 0 Å². The van der Waals surface area contributed by atoms with E-state index in [-0.39, 0.29) is 11.9 Å². The molecule has 1 aromatic carbocycles. The molecule has 7 nitrogen and oxygen atoms in total. The second-order valence-corrected chi connectivity index (χ2v) is 6.34. The number of nitrogens with zero attached hydrogens (tertiary/aromatic N) is 5. The van der Waals surface area contributed by atoms with E-state index >= 15 is 0 Å². The van der Waals surface area contributed by atoms with Gasteiger partial charge in [-0.15, -0.1) is 0 Å². The van der Waals surface area contributed by atoms with Crippen molar-refractivity contribution in [3.63, 3.8) is 0 Å². The highest BCUT2D eigenvalue weighted by molar-refractivity contribution is 5.94. The molecule has 4 rings (SSSR count). The Morgan fingerprint density at radius 1 is 1.28 bits per heavy atom. The number of aryl methyl sites for hydroxylation is 1. The summed E-state index contributed by atoms with van der Waals surface area (Å²) in [6.45, 7) is 2.75. The fraction of sp³-hybridized carbons (Fsp3) is 0.333. The van der Waals surface area contributed by atoms with Gasteiger partial charge in [-0.3, -0.25) is 9.89 Å². The lowest BCUT2D eigenvalue weighted by Gasteiger charge is -2.34. The van der Waals surface area contributed by atoms with E-state index in [2.05, 4.69) is 20.3 Å². The Morgan fingerprint density at radius 2 is 2.16 bits per heavy atom. The molecule has 7 heteroatoms. The van der Waals surface area contributed by atoms with Crippen molar-refractivity contribution in [3.8, 4) is 5.69 Å². The van der Waals surface area contributed by atoms with Crippen LogP contribution < -0.4 is 0 Å². The number of hydrogen-bond donors (Lipinski definition) is 1. The second-order valence-electron chi connectivity index (χ2n) is 6.34. The number of piperidine rings is 1. The number of likely N-dealkylation sites (tertiary alicyclic amines) is 1. The number of H-pyrrole nitrogens is 1. The third kappa shape index (κ3) is 2.93. The van der Waals surface area contributed by atoms with Crippen LogP contribution in [-0.4, -0.2) is 42.3 Å². The van der Waals surface area contributed by atoms with Crippen LogP contribution in [0.15, 0.2) is 43.0 Å². The molecular formula is C18H20N6O. The van der Waals surface area contributed by atoms with Gasteiger partial charge in [-0.25, -0.2) is 9.67 Å². The lowest BCUT2D eigenvalue weighted by molar-refractivity contribution is 0.0600. The molecule has 0 spiro atoms. The van der Waals surface area contributed by atoms with Crippen molar-refractivity contribution < 1.29 is 4.79 Å². The maximum Gasteiger partial charge on any atom is 0.257 e. The summed E-state index contributed by atoms with van der Waals surface area (Å²) in [4.78, 5) is 19.2. The summed E-state index contributed by atoms with van der Waals surface area (Å²) in [7, 11) is 0. The molecule has 1 aliphatic rings. The molecule has 1 unspecified atom stereocenters. The Balaban J connectivity index is 1.61. The number of aromatic amines is 1. The Hall–Kier alpha value is -2.96. The zero-order valence-electron chi connectivity index (χ0n) is 14.1. The summed E-state index contributed by atoms with van der Waals surface area (Å²) in [5, 5.41) is 11.2. The number of benzene rings is 1. The van der Waals surface area contributed by atoms with E-state index in [0.29, 0.717) is 5.56 Å². The highest BCUT2D eigenvalue weighted by Crippen LogP contribution is 2.30. The lowest BCUT2D eigenvalue weighted by atomic mass is 10.0. The number of nitrogens with one attached hydrogen (secondary N) is 1. The summed E-state index contributed by atoms with van der Waals surface area (Å²) < 4.78 is 1.76. The molecule has 1 N–H and O–H groups in total. The van der Waals surface area contributed by atoms with Gasteiger partial charge in [0.1, 0.15) is 12.2 Å². The molecule has 0 aliphatic carbocycles. The Morgan fingerprint density at radius 3 is 2.96 bits per heavy atom. The maximum atomic E-state index is 13.0. The number of carbonyl (C=O) groups excluding carboxylic acids is 1. The molecule has 0 radical (unpaired) electrons. The first-order valence-corrected chi connectivity index (χ1v) is 8.51. The van der Waals surface area contributed by atoms with Gasteiger partial charge in [0, 0.05) is 12.7 Å². The maximum absolute atomic E-state index is 13.0. The van der Waals surface area contributed by atoms with Gasteiger partial charge in [0.15, 0.2) is 0 Å². The molecule has 0 saturated carbocycles. The van der Waals surface area contributed by atoms with E-state index in [9.17, 15) is 4.79 Å². The Kier molecular flexibility index (Phi) is 4.05. The lowest BCUT2D eigenvalue weighted by Crippen LogP contribution is -2.38. The van der Waals surface area contributed by atoms with Gasteiger partial charge in [-0.1, -0.05) is 18.2 Å². The van der Waals surface area contributed by atoms with E-state index in [1.165, 1.54) is 6.33 Å². The van der Waals surface area contributed by atoms with Gasteiger partial charge in [0.2, 0.25) is 0 Å². The minimum absolute atomic E-state index is 0.0130. The summed E-state index contributed by atoms with van der Waals surface area (Å²) >= 11 is 0.